The van der Waals surface area contributed by atoms with Gasteiger partial charge in [-0.15, -0.1) is 0 Å². The Labute approximate surface area is 110 Å². The first-order valence-electron chi connectivity index (χ1n) is 6.26. The Balaban J connectivity index is 2.22. The van der Waals surface area contributed by atoms with Crippen molar-refractivity contribution in [3.05, 3.63) is 22.7 Å². The van der Waals surface area contributed by atoms with Crippen LogP contribution in [-0.2, 0) is 0 Å². The van der Waals surface area contributed by atoms with Gasteiger partial charge in [-0.05, 0) is 25.3 Å². The van der Waals surface area contributed by atoms with E-state index in [4.69, 9.17) is 5.73 Å². The Hall–Kier alpha value is -1.44. The molecule has 0 aromatic carbocycles. The van der Waals surface area contributed by atoms with E-state index in [1.54, 1.807) is 0 Å². The van der Waals surface area contributed by atoms with E-state index in [0.717, 1.165) is 0 Å². The minimum absolute atomic E-state index is 0.145. The first kappa shape index (κ1) is 14.0. The molecule has 1 aromatic rings. The van der Waals surface area contributed by atoms with Crippen molar-refractivity contribution in [2.24, 2.45) is 5.41 Å². The predicted octanol–water partition coefficient (Wildman–Crippen LogP) is -1.12. The molecule has 1 aromatic heterocycles. The van der Waals surface area contributed by atoms with E-state index in [1.807, 2.05) is 0 Å². The topological polar surface area (TPSA) is 122 Å². The van der Waals surface area contributed by atoms with E-state index in [-0.39, 0.29) is 25.5 Å². The quantitative estimate of drug-likeness (QED) is 0.551. The second kappa shape index (κ2) is 5.28. The molecule has 1 aliphatic rings. The molecule has 0 amide bonds. The maximum Gasteiger partial charge on any atom is 0.349 e. The van der Waals surface area contributed by atoms with Crippen LogP contribution >= 0.6 is 0 Å². The van der Waals surface area contributed by atoms with Crippen LogP contribution in [0.15, 0.2) is 17.1 Å². The Bertz CT molecular complexity index is 498. The summed E-state index contributed by atoms with van der Waals surface area (Å²) in [5.41, 5.74) is 4.26. The van der Waals surface area contributed by atoms with Gasteiger partial charge in [-0.2, -0.15) is 4.98 Å². The van der Waals surface area contributed by atoms with Crippen LogP contribution in [0.25, 0.3) is 0 Å². The maximum atomic E-state index is 11.7. The van der Waals surface area contributed by atoms with Crippen LogP contribution < -0.4 is 11.4 Å². The van der Waals surface area contributed by atoms with Crippen molar-refractivity contribution in [2.75, 3.05) is 18.9 Å². The van der Waals surface area contributed by atoms with Gasteiger partial charge in [0.2, 0.25) is 0 Å². The number of hydrogen-bond donors (Lipinski definition) is 4. The molecule has 1 aliphatic carbocycles. The standard InChI is InChI=1S/C12H19N3O4/c13-10-2-4-15(11(19)14-10)8-1-3-12(6-16,7-17)5-9(8)18/h2,4,8-9,16-18H,1,3,5-7H2,(H2,13,14,19)/t8-,9-/m1/s1. The minimum atomic E-state index is -0.809. The zero-order valence-electron chi connectivity index (χ0n) is 10.6. The molecule has 5 N–H and O–H groups in total. The molecule has 0 bridgehead atoms. The van der Waals surface area contributed by atoms with Gasteiger partial charge in [0.25, 0.3) is 0 Å². The lowest BCUT2D eigenvalue weighted by atomic mass is 9.72. The van der Waals surface area contributed by atoms with Crippen LogP contribution in [0.1, 0.15) is 25.3 Å². The molecule has 0 spiro atoms. The average Bonchev–Trinajstić information content (AvgIpc) is 2.39. The van der Waals surface area contributed by atoms with Gasteiger partial charge in [-0.1, -0.05) is 0 Å². The molecule has 2 rings (SSSR count). The van der Waals surface area contributed by atoms with Crippen molar-refractivity contribution >= 4 is 5.82 Å². The molecule has 0 radical (unpaired) electrons. The minimum Gasteiger partial charge on any atom is -0.396 e. The summed E-state index contributed by atoms with van der Waals surface area (Å²) < 4.78 is 1.36. The zero-order valence-corrected chi connectivity index (χ0v) is 10.6. The van der Waals surface area contributed by atoms with Gasteiger partial charge in [0.1, 0.15) is 5.82 Å². The predicted molar refractivity (Wildman–Crippen MR) is 68.4 cm³/mol. The molecule has 106 valence electrons. The molecule has 19 heavy (non-hydrogen) atoms. The largest absolute Gasteiger partial charge is 0.396 e. The fourth-order valence-electron chi connectivity index (χ4n) is 2.67. The van der Waals surface area contributed by atoms with Crippen LogP contribution in [0.3, 0.4) is 0 Å². The third-order valence-electron chi connectivity index (χ3n) is 3.94. The van der Waals surface area contributed by atoms with Crippen LogP contribution in [0, 0.1) is 5.41 Å². The van der Waals surface area contributed by atoms with E-state index >= 15 is 0 Å². The Kier molecular flexibility index (Phi) is 3.88. The summed E-state index contributed by atoms with van der Waals surface area (Å²) in [6, 6.07) is 1.11. The number of hydrogen-bond acceptors (Lipinski definition) is 6. The number of anilines is 1. The molecule has 0 aliphatic heterocycles. The lowest BCUT2D eigenvalue weighted by molar-refractivity contribution is -0.0497. The number of aliphatic hydroxyl groups is 3. The molecular formula is C12H19N3O4. The molecule has 2 atom stereocenters. The van der Waals surface area contributed by atoms with E-state index < -0.39 is 23.3 Å². The average molecular weight is 269 g/mol. The Morgan fingerprint density at radius 3 is 2.68 bits per heavy atom. The van der Waals surface area contributed by atoms with Crippen LogP contribution in [-0.4, -0.2) is 44.2 Å². The molecule has 0 saturated heterocycles. The maximum absolute atomic E-state index is 11.7. The van der Waals surface area contributed by atoms with E-state index in [9.17, 15) is 20.1 Å². The Morgan fingerprint density at radius 2 is 2.16 bits per heavy atom. The van der Waals surface area contributed by atoms with E-state index in [1.165, 1.54) is 16.8 Å². The summed E-state index contributed by atoms with van der Waals surface area (Å²) in [6.45, 7) is -0.357. The second-order valence-electron chi connectivity index (χ2n) is 5.24. The molecular weight excluding hydrogens is 250 g/mol. The summed E-state index contributed by atoms with van der Waals surface area (Å²) in [7, 11) is 0. The summed E-state index contributed by atoms with van der Waals surface area (Å²) in [5.74, 6) is 0.145. The van der Waals surface area contributed by atoms with Gasteiger partial charge in [0, 0.05) is 11.6 Å². The summed E-state index contributed by atoms with van der Waals surface area (Å²) in [4.78, 5) is 15.4. The molecule has 1 saturated carbocycles. The van der Waals surface area contributed by atoms with Gasteiger partial charge >= 0.3 is 5.69 Å². The zero-order chi connectivity index (χ0) is 14.0. The van der Waals surface area contributed by atoms with Gasteiger partial charge in [0.05, 0.1) is 25.4 Å². The fourth-order valence-corrected chi connectivity index (χ4v) is 2.67. The summed E-state index contributed by atoms with van der Waals surface area (Å²) in [5, 5.41) is 28.9. The summed E-state index contributed by atoms with van der Waals surface area (Å²) in [6.07, 6.45) is 1.99. The van der Waals surface area contributed by atoms with Gasteiger partial charge in [-0.25, -0.2) is 4.79 Å². The van der Waals surface area contributed by atoms with Gasteiger partial charge in [-0.3, -0.25) is 4.57 Å². The summed E-state index contributed by atoms with van der Waals surface area (Å²) >= 11 is 0. The van der Waals surface area contributed by atoms with Crippen molar-refractivity contribution in [2.45, 2.75) is 31.4 Å². The first-order chi connectivity index (χ1) is 9.01. The van der Waals surface area contributed by atoms with Crippen LogP contribution in [0.5, 0.6) is 0 Å². The number of nitrogen functional groups attached to an aromatic ring is 1. The highest BCUT2D eigenvalue weighted by atomic mass is 16.3. The smallest absolute Gasteiger partial charge is 0.349 e. The number of nitrogens with two attached hydrogens (primary N) is 1. The normalized spacial score (nSPS) is 26.3. The SMILES string of the molecule is Nc1ccn([C@@H]2CCC(CO)(CO)C[C@H]2O)c(=O)n1. The van der Waals surface area contributed by atoms with Crippen molar-refractivity contribution in [1.29, 1.82) is 0 Å². The lowest BCUT2D eigenvalue weighted by Crippen LogP contribution is -2.44. The second-order valence-corrected chi connectivity index (χ2v) is 5.24. The Morgan fingerprint density at radius 1 is 1.47 bits per heavy atom. The highest BCUT2D eigenvalue weighted by molar-refractivity contribution is 5.23. The number of rotatable bonds is 3. The van der Waals surface area contributed by atoms with E-state index in [2.05, 4.69) is 4.98 Å². The highest BCUT2D eigenvalue weighted by Crippen LogP contribution is 2.40. The molecule has 7 heteroatoms. The highest BCUT2D eigenvalue weighted by Gasteiger charge is 2.40. The third-order valence-corrected chi connectivity index (χ3v) is 3.94. The van der Waals surface area contributed by atoms with Crippen molar-refractivity contribution in [3.63, 3.8) is 0 Å². The molecule has 1 heterocycles. The number of aliphatic hydroxyl groups excluding tert-OH is 3. The van der Waals surface area contributed by atoms with Crippen LogP contribution in [0.4, 0.5) is 5.82 Å². The van der Waals surface area contributed by atoms with Gasteiger partial charge in [0.15, 0.2) is 0 Å². The van der Waals surface area contributed by atoms with Crippen molar-refractivity contribution < 1.29 is 15.3 Å². The monoisotopic (exact) mass is 269 g/mol. The van der Waals surface area contributed by atoms with E-state index in [0.29, 0.717) is 12.8 Å². The third kappa shape index (κ3) is 2.63. The van der Waals surface area contributed by atoms with Crippen molar-refractivity contribution in [1.82, 2.24) is 9.55 Å². The number of aromatic nitrogens is 2. The molecule has 1 fully saturated rings. The molecule has 7 nitrogen and oxygen atoms in total. The molecule has 0 unspecified atom stereocenters. The van der Waals surface area contributed by atoms with Gasteiger partial charge < -0.3 is 21.1 Å². The first-order valence-corrected chi connectivity index (χ1v) is 6.26. The van der Waals surface area contributed by atoms with Crippen molar-refractivity contribution in [3.8, 4) is 0 Å². The lowest BCUT2D eigenvalue weighted by Gasteiger charge is -2.41. The number of nitrogens with zero attached hydrogens (tertiary/aromatic N) is 2. The van der Waals surface area contributed by atoms with Crippen LogP contribution in [0.2, 0.25) is 0 Å². The fraction of sp³-hybridized carbons (Fsp3) is 0.667.